The number of benzene rings is 1. The minimum absolute atomic E-state index is 0.0180. The van der Waals surface area contributed by atoms with E-state index in [1.165, 1.54) is 0 Å². The first-order chi connectivity index (χ1) is 11.3. The second-order valence-electron chi connectivity index (χ2n) is 6.44. The molecule has 3 rings (SSSR count). The molecule has 2 heterocycles. The largest absolute Gasteiger partial charge is 0.368 e. The van der Waals surface area contributed by atoms with Gasteiger partial charge in [-0.15, -0.1) is 0 Å². The van der Waals surface area contributed by atoms with Gasteiger partial charge in [0.05, 0.1) is 21.6 Å². The molecule has 1 unspecified atom stereocenters. The van der Waals surface area contributed by atoms with E-state index in [2.05, 4.69) is 4.90 Å². The van der Waals surface area contributed by atoms with E-state index in [1.54, 1.807) is 6.07 Å². The van der Waals surface area contributed by atoms with Crippen LogP contribution in [-0.4, -0.2) is 56.9 Å². The number of hydrogen-bond acceptors (Lipinski definition) is 4. The Bertz CT molecular complexity index is 731. The lowest BCUT2D eigenvalue weighted by molar-refractivity contribution is -0.132. The first-order valence-corrected chi connectivity index (χ1v) is 10.6. The highest BCUT2D eigenvalue weighted by molar-refractivity contribution is 7.91. The van der Waals surface area contributed by atoms with Crippen LogP contribution in [0.4, 0.5) is 5.69 Å². The van der Waals surface area contributed by atoms with Gasteiger partial charge in [0, 0.05) is 38.3 Å². The van der Waals surface area contributed by atoms with Crippen molar-refractivity contribution in [1.82, 2.24) is 4.90 Å². The molecule has 2 aliphatic rings. The van der Waals surface area contributed by atoms with Crippen LogP contribution in [0.1, 0.15) is 12.8 Å². The van der Waals surface area contributed by atoms with Crippen LogP contribution in [0.15, 0.2) is 18.2 Å². The molecular weight excluding hydrogens is 371 g/mol. The van der Waals surface area contributed by atoms with Gasteiger partial charge in [0.15, 0.2) is 9.84 Å². The molecule has 0 N–H and O–H groups in total. The molecule has 0 spiro atoms. The summed E-state index contributed by atoms with van der Waals surface area (Å²) in [5.41, 5.74) is 0.999. The van der Waals surface area contributed by atoms with Crippen LogP contribution >= 0.6 is 23.2 Å². The maximum absolute atomic E-state index is 12.4. The SMILES string of the molecule is O=C(CC1CCS(=O)(=O)C1)N1CCN(c2ccc(Cl)c(Cl)c2)CC1. The highest BCUT2D eigenvalue weighted by atomic mass is 35.5. The molecule has 132 valence electrons. The van der Waals surface area contributed by atoms with Crippen LogP contribution in [0.25, 0.3) is 0 Å². The molecule has 1 atom stereocenters. The van der Waals surface area contributed by atoms with Gasteiger partial charge in [-0.05, 0) is 30.5 Å². The standard InChI is InChI=1S/C16H20Cl2N2O3S/c17-14-2-1-13(10-15(14)18)19-4-6-20(7-5-19)16(21)9-12-3-8-24(22,23)11-12/h1-2,10,12H,3-9,11H2. The van der Waals surface area contributed by atoms with Gasteiger partial charge in [0.25, 0.3) is 0 Å². The number of carbonyl (C=O) groups excluding carboxylic acids is 1. The fourth-order valence-electron chi connectivity index (χ4n) is 3.30. The fraction of sp³-hybridized carbons (Fsp3) is 0.562. The predicted molar refractivity (Wildman–Crippen MR) is 96.6 cm³/mol. The summed E-state index contributed by atoms with van der Waals surface area (Å²) in [7, 11) is -2.93. The lowest BCUT2D eigenvalue weighted by Gasteiger charge is -2.36. The van der Waals surface area contributed by atoms with Gasteiger partial charge in [-0.3, -0.25) is 4.79 Å². The molecule has 0 saturated carbocycles. The van der Waals surface area contributed by atoms with Gasteiger partial charge in [0.2, 0.25) is 5.91 Å². The van der Waals surface area contributed by atoms with Crippen molar-refractivity contribution in [3.05, 3.63) is 28.2 Å². The van der Waals surface area contributed by atoms with Crippen molar-refractivity contribution in [2.45, 2.75) is 12.8 Å². The summed E-state index contributed by atoms with van der Waals surface area (Å²) in [5.74, 6) is 0.416. The topological polar surface area (TPSA) is 57.7 Å². The lowest BCUT2D eigenvalue weighted by Crippen LogP contribution is -2.49. The van der Waals surface area contributed by atoms with Crippen molar-refractivity contribution in [2.24, 2.45) is 5.92 Å². The molecule has 0 aromatic heterocycles. The highest BCUT2D eigenvalue weighted by Crippen LogP contribution is 2.28. The molecule has 0 aliphatic carbocycles. The van der Waals surface area contributed by atoms with Gasteiger partial charge in [-0.25, -0.2) is 8.42 Å². The van der Waals surface area contributed by atoms with E-state index < -0.39 is 9.84 Å². The number of amides is 1. The monoisotopic (exact) mass is 390 g/mol. The van der Waals surface area contributed by atoms with Gasteiger partial charge >= 0.3 is 0 Å². The Kier molecular flexibility index (Phi) is 5.27. The molecular formula is C16H20Cl2N2O3S. The van der Waals surface area contributed by atoms with E-state index in [9.17, 15) is 13.2 Å². The number of nitrogens with zero attached hydrogens (tertiary/aromatic N) is 2. The van der Waals surface area contributed by atoms with Gasteiger partial charge < -0.3 is 9.80 Å². The Balaban J connectivity index is 1.53. The third-order valence-electron chi connectivity index (χ3n) is 4.69. The number of piperazine rings is 1. The third kappa shape index (κ3) is 4.16. The molecule has 5 nitrogen and oxygen atoms in total. The van der Waals surface area contributed by atoms with E-state index in [-0.39, 0.29) is 23.3 Å². The van der Waals surface area contributed by atoms with E-state index in [4.69, 9.17) is 23.2 Å². The maximum atomic E-state index is 12.4. The van der Waals surface area contributed by atoms with Crippen LogP contribution < -0.4 is 4.90 Å². The number of sulfone groups is 1. The molecule has 2 saturated heterocycles. The van der Waals surface area contributed by atoms with E-state index >= 15 is 0 Å². The van der Waals surface area contributed by atoms with Crippen molar-refractivity contribution in [3.63, 3.8) is 0 Å². The molecule has 0 bridgehead atoms. The summed E-state index contributed by atoms with van der Waals surface area (Å²) in [6.45, 7) is 2.73. The quantitative estimate of drug-likeness (QED) is 0.795. The summed E-state index contributed by atoms with van der Waals surface area (Å²) in [5, 5.41) is 1.05. The van der Waals surface area contributed by atoms with E-state index in [1.807, 2.05) is 17.0 Å². The number of anilines is 1. The molecule has 2 fully saturated rings. The molecule has 2 aliphatic heterocycles. The zero-order chi connectivity index (χ0) is 17.3. The average molecular weight is 391 g/mol. The van der Waals surface area contributed by atoms with Gasteiger partial charge in [-0.1, -0.05) is 23.2 Å². The van der Waals surface area contributed by atoms with Crippen molar-refractivity contribution in [3.8, 4) is 0 Å². The first kappa shape index (κ1) is 17.8. The van der Waals surface area contributed by atoms with Gasteiger partial charge in [-0.2, -0.15) is 0 Å². The highest BCUT2D eigenvalue weighted by Gasteiger charge is 2.31. The number of carbonyl (C=O) groups is 1. The van der Waals surface area contributed by atoms with Gasteiger partial charge in [0.1, 0.15) is 0 Å². The van der Waals surface area contributed by atoms with Crippen LogP contribution in [0.5, 0.6) is 0 Å². The fourth-order valence-corrected chi connectivity index (χ4v) is 5.46. The summed E-state index contributed by atoms with van der Waals surface area (Å²) >= 11 is 12.0. The van der Waals surface area contributed by atoms with Crippen LogP contribution in [0.2, 0.25) is 10.0 Å². The molecule has 1 amide bonds. The molecule has 24 heavy (non-hydrogen) atoms. The maximum Gasteiger partial charge on any atom is 0.223 e. The normalized spacial score (nSPS) is 23.5. The zero-order valence-electron chi connectivity index (χ0n) is 13.2. The molecule has 1 aromatic carbocycles. The van der Waals surface area contributed by atoms with Crippen molar-refractivity contribution in [2.75, 3.05) is 42.6 Å². The van der Waals surface area contributed by atoms with Crippen LogP contribution in [-0.2, 0) is 14.6 Å². The molecule has 8 heteroatoms. The second-order valence-corrected chi connectivity index (χ2v) is 9.48. The Labute approximate surface area is 152 Å². The predicted octanol–water partition coefficient (Wildman–Crippen LogP) is 2.47. The summed E-state index contributed by atoms with van der Waals surface area (Å²) < 4.78 is 23.0. The lowest BCUT2D eigenvalue weighted by atomic mass is 10.0. The van der Waals surface area contributed by atoms with Crippen LogP contribution in [0.3, 0.4) is 0 Å². The third-order valence-corrected chi connectivity index (χ3v) is 7.27. The molecule has 0 radical (unpaired) electrons. The Morgan fingerprint density at radius 2 is 1.83 bits per heavy atom. The zero-order valence-corrected chi connectivity index (χ0v) is 15.6. The minimum atomic E-state index is -2.93. The van der Waals surface area contributed by atoms with Crippen LogP contribution in [0, 0.1) is 5.92 Å². The van der Waals surface area contributed by atoms with Crippen molar-refractivity contribution < 1.29 is 13.2 Å². The number of rotatable bonds is 3. The van der Waals surface area contributed by atoms with E-state index in [0.717, 1.165) is 18.8 Å². The van der Waals surface area contributed by atoms with E-state index in [0.29, 0.717) is 36.0 Å². The van der Waals surface area contributed by atoms with Crippen molar-refractivity contribution >= 4 is 44.6 Å². The Morgan fingerprint density at radius 3 is 2.42 bits per heavy atom. The smallest absolute Gasteiger partial charge is 0.223 e. The molecule has 1 aromatic rings. The summed E-state index contributed by atoms with van der Waals surface area (Å²) in [4.78, 5) is 16.4. The summed E-state index contributed by atoms with van der Waals surface area (Å²) in [6.07, 6.45) is 0.948. The Morgan fingerprint density at radius 1 is 1.12 bits per heavy atom. The Hall–Kier alpha value is -0.980. The first-order valence-electron chi connectivity index (χ1n) is 8.02. The van der Waals surface area contributed by atoms with Crippen molar-refractivity contribution in [1.29, 1.82) is 0 Å². The average Bonchev–Trinajstić information content (AvgIpc) is 2.89. The summed E-state index contributed by atoms with van der Waals surface area (Å²) in [6, 6.07) is 5.54. The number of hydrogen-bond donors (Lipinski definition) is 0. The number of halogens is 2. The minimum Gasteiger partial charge on any atom is -0.368 e. The second kappa shape index (κ2) is 7.10.